The molecule has 0 aromatic rings. The SMILES string of the molecule is CNC(=O)CNC(CCN(CCC(NCC(=O)NC)C(=O)O)CC(=O)O)C(=O)O. The first-order chi connectivity index (χ1) is 13.6. The summed E-state index contributed by atoms with van der Waals surface area (Å²) >= 11 is 0. The highest BCUT2D eigenvalue weighted by molar-refractivity contribution is 5.80. The third kappa shape index (κ3) is 12.3. The molecule has 0 saturated heterocycles. The zero-order valence-corrected chi connectivity index (χ0v) is 16.4. The Bertz CT molecular complexity index is 544. The van der Waals surface area contributed by atoms with Crippen molar-refractivity contribution in [2.24, 2.45) is 0 Å². The molecular weight excluding hydrogens is 390 g/mol. The summed E-state index contributed by atoms with van der Waals surface area (Å²) in [5.41, 5.74) is 0. The van der Waals surface area contributed by atoms with Crippen molar-refractivity contribution < 1.29 is 39.3 Å². The zero-order valence-electron chi connectivity index (χ0n) is 16.4. The molecule has 0 heterocycles. The summed E-state index contributed by atoms with van der Waals surface area (Å²) in [5, 5.41) is 37.3. The minimum Gasteiger partial charge on any atom is -0.480 e. The maximum Gasteiger partial charge on any atom is 0.320 e. The van der Waals surface area contributed by atoms with Crippen LogP contribution in [0.2, 0.25) is 0 Å². The lowest BCUT2D eigenvalue weighted by atomic mass is 10.1. The van der Waals surface area contributed by atoms with E-state index in [1.807, 2.05) is 0 Å². The summed E-state index contributed by atoms with van der Waals surface area (Å²) in [4.78, 5) is 57.6. The van der Waals surface area contributed by atoms with Crippen LogP contribution in [0, 0.1) is 0 Å². The average Bonchev–Trinajstić information content (AvgIpc) is 2.65. The Kier molecular flexibility index (Phi) is 12.9. The molecule has 13 nitrogen and oxygen atoms in total. The van der Waals surface area contributed by atoms with Gasteiger partial charge in [-0.05, 0) is 12.8 Å². The van der Waals surface area contributed by atoms with E-state index in [4.69, 9.17) is 5.11 Å². The lowest BCUT2D eigenvalue weighted by Crippen LogP contribution is -2.46. The molecule has 2 amide bonds. The molecule has 0 aromatic heterocycles. The number of nitrogens with one attached hydrogen (secondary N) is 4. The Morgan fingerprint density at radius 3 is 1.41 bits per heavy atom. The number of hydrogen-bond donors (Lipinski definition) is 7. The monoisotopic (exact) mass is 419 g/mol. The van der Waals surface area contributed by atoms with Crippen molar-refractivity contribution in [1.29, 1.82) is 0 Å². The van der Waals surface area contributed by atoms with E-state index >= 15 is 0 Å². The quantitative estimate of drug-likeness (QED) is 0.132. The van der Waals surface area contributed by atoms with Gasteiger partial charge in [0, 0.05) is 27.2 Å². The number of carbonyl (C=O) groups is 5. The highest BCUT2D eigenvalue weighted by Crippen LogP contribution is 2.02. The van der Waals surface area contributed by atoms with Crippen LogP contribution in [-0.4, -0.2) is 109 Å². The molecule has 166 valence electrons. The number of nitrogens with zero attached hydrogens (tertiary/aromatic N) is 1. The molecule has 7 N–H and O–H groups in total. The number of likely N-dealkylation sites (N-methyl/N-ethyl adjacent to an activating group) is 2. The number of carbonyl (C=O) groups excluding carboxylic acids is 2. The van der Waals surface area contributed by atoms with Crippen LogP contribution in [0.15, 0.2) is 0 Å². The van der Waals surface area contributed by atoms with Crippen LogP contribution in [0.25, 0.3) is 0 Å². The summed E-state index contributed by atoms with van der Waals surface area (Å²) in [7, 11) is 2.82. The van der Waals surface area contributed by atoms with Gasteiger partial charge in [-0.25, -0.2) is 0 Å². The smallest absolute Gasteiger partial charge is 0.320 e. The van der Waals surface area contributed by atoms with Gasteiger partial charge in [0.1, 0.15) is 12.1 Å². The van der Waals surface area contributed by atoms with Gasteiger partial charge in [0.25, 0.3) is 0 Å². The molecule has 0 rings (SSSR count). The van der Waals surface area contributed by atoms with Gasteiger partial charge < -0.3 is 26.0 Å². The summed E-state index contributed by atoms with van der Waals surface area (Å²) in [6.07, 6.45) is 0.00598. The Morgan fingerprint density at radius 1 is 0.759 bits per heavy atom. The van der Waals surface area contributed by atoms with Gasteiger partial charge >= 0.3 is 17.9 Å². The second-order valence-corrected chi connectivity index (χ2v) is 6.14. The van der Waals surface area contributed by atoms with Crippen molar-refractivity contribution in [1.82, 2.24) is 26.2 Å². The first-order valence-corrected chi connectivity index (χ1v) is 8.88. The first-order valence-electron chi connectivity index (χ1n) is 8.88. The molecule has 0 spiro atoms. The topological polar surface area (TPSA) is 197 Å². The van der Waals surface area contributed by atoms with Crippen LogP contribution in [0.4, 0.5) is 0 Å². The average molecular weight is 419 g/mol. The van der Waals surface area contributed by atoms with E-state index in [0.717, 1.165) is 0 Å². The predicted molar refractivity (Wildman–Crippen MR) is 100 cm³/mol. The molecule has 0 aliphatic carbocycles. The van der Waals surface area contributed by atoms with Crippen LogP contribution in [0.1, 0.15) is 12.8 Å². The van der Waals surface area contributed by atoms with E-state index in [-0.39, 0.29) is 39.0 Å². The molecule has 2 atom stereocenters. The van der Waals surface area contributed by atoms with Crippen molar-refractivity contribution in [2.75, 3.05) is 46.8 Å². The Balaban J connectivity index is 4.81. The minimum absolute atomic E-state index is 0.00299. The molecule has 0 bridgehead atoms. The molecule has 0 aromatic carbocycles. The molecule has 0 radical (unpaired) electrons. The van der Waals surface area contributed by atoms with E-state index in [0.29, 0.717) is 0 Å². The third-order valence-corrected chi connectivity index (χ3v) is 4.00. The second-order valence-electron chi connectivity index (χ2n) is 6.14. The molecule has 0 saturated carbocycles. The minimum atomic E-state index is -1.19. The summed E-state index contributed by atoms with van der Waals surface area (Å²) < 4.78 is 0. The van der Waals surface area contributed by atoms with Crippen molar-refractivity contribution in [2.45, 2.75) is 24.9 Å². The number of carboxylic acid groups (broad SMARTS) is 3. The zero-order chi connectivity index (χ0) is 22.4. The summed E-state index contributed by atoms with van der Waals surface area (Å²) in [6, 6.07) is -2.16. The fourth-order valence-corrected chi connectivity index (χ4v) is 2.32. The molecule has 2 unspecified atom stereocenters. The van der Waals surface area contributed by atoms with Crippen LogP contribution in [0.5, 0.6) is 0 Å². The molecule has 13 heteroatoms. The van der Waals surface area contributed by atoms with Gasteiger partial charge in [0.2, 0.25) is 11.8 Å². The number of carboxylic acids is 3. The van der Waals surface area contributed by atoms with E-state index in [1.54, 1.807) is 0 Å². The van der Waals surface area contributed by atoms with Gasteiger partial charge in [-0.1, -0.05) is 0 Å². The van der Waals surface area contributed by atoms with E-state index in [1.165, 1.54) is 19.0 Å². The van der Waals surface area contributed by atoms with Gasteiger partial charge in [0.05, 0.1) is 19.6 Å². The standard InChI is InChI=1S/C16H29N5O8/c1-17-12(22)7-19-10(15(26)27)3-5-21(9-14(24)25)6-4-11(16(28)29)20-8-13(23)18-2/h10-11,19-20H,3-9H2,1-2H3,(H,17,22)(H,18,23)(H,24,25)(H,26,27)(H,28,29). The highest BCUT2D eigenvalue weighted by Gasteiger charge is 2.23. The van der Waals surface area contributed by atoms with Crippen LogP contribution < -0.4 is 21.3 Å². The molecule has 29 heavy (non-hydrogen) atoms. The normalized spacial score (nSPS) is 12.8. The number of hydrogen-bond acceptors (Lipinski definition) is 8. The van der Waals surface area contributed by atoms with Crippen LogP contribution >= 0.6 is 0 Å². The maximum atomic E-state index is 11.3. The number of rotatable bonds is 16. The van der Waals surface area contributed by atoms with Crippen molar-refractivity contribution in [3.05, 3.63) is 0 Å². The Hall–Kier alpha value is -2.77. The Labute approximate surface area is 167 Å². The van der Waals surface area contributed by atoms with Gasteiger partial charge in [0.15, 0.2) is 0 Å². The van der Waals surface area contributed by atoms with Gasteiger partial charge in [-0.3, -0.25) is 39.5 Å². The molecule has 0 aliphatic heterocycles. The first kappa shape index (κ1) is 26.2. The van der Waals surface area contributed by atoms with Crippen molar-refractivity contribution >= 4 is 29.7 Å². The fraction of sp³-hybridized carbons (Fsp3) is 0.688. The molecule has 0 aliphatic rings. The van der Waals surface area contributed by atoms with Crippen LogP contribution in [0.3, 0.4) is 0 Å². The number of aliphatic carboxylic acids is 3. The fourth-order valence-electron chi connectivity index (χ4n) is 2.32. The van der Waals surface area contributed by atoms with Crippen LogP contribution in [-0.2, 0) is 24.0 Å². The van der Waals surface area contributed by atoms with Gasteiger partial charge in [-0.2, -0.15) is 0 Å². The Morgan fingerprint density at radius 2 is 1.14 bits per heavy atom. The second kappa shape index (κ2) is 14.3. The lowest BCUT2D eigenvalue weighted by Gasteiger charge is -2.24. The summed E-state index contributed by atoms with van der Waals surface area (Å²) in [5.74, 6) is -4.34. The van der Waals surface area contributed by atoms with E-state index in [2.05, 4.69) is 21.3 Å². The lowest BCUT2D eigenvalue weighted by molar-refractivity contribution is -0.140. The van der Waals surface area contributed by atoms with Crippen molar-refractivity contribution in [3.63, 3.8) is 0 Å². The third-order valence-electron chi connectivity index (χ3n) is 4.00. The number of amides is 2. The van der Waals surface area contributed by atoms with Crippen molar-refractivity contribution in [3.8, 4) is 0 Å². The predicted octanol–water partition coefficient (Wildman–Crippen LogP) is -3.27. The van der Waals surface area contributed by atoms with E-state index < -0.39 is 48.4 Å². The molecular formula is C16H29N5O8. The molecule has 0 fully saturated rings. The summed E-state index contributed by atoms with van der Waals surface area (Å²) in [6.45, 7) is -0.741. The maximum absolute atomic E-state index is 11.3. The highest BCUT2D eigenvalue weighted by atomic mass is 16.4. The largest absolute Gasteiger partial charge is 0.480 e. The van der Waals surface area contributed by atoms with Gasteiger partial charge in [-0.15, -0.1) is 0 Å². The van der Waals surface area contributed by atoms with E-state index in [9.17, 15) is 34.2 Å².